The molecule has 14 heavy (non-hydrogen) atoms. The minimum atomic E-state index is 0.161. The van der Waals surface area contributed by atoms with Crippen LogP contribution in [0.4, 0.5) is 0 Å². The van der Waals surface area contributed by atoms with Gasteiger partial charge in [-0.2, -0.15) is 0 Å². The van der Waals surface area contributed by atoms with Crippen molar-refractivity contribution in [3.05, 3.63) is 0 Å². The molecule has 0 aromatic heterocycles. The molecule has 2 nitrogen and oxygen atoms in total. The topological polar surface area (TPSA) is 18.5 Å². The number of rotatable bonds is 2. The summed E-state index contributed by atoms with van der Waals surface area (Å²) in [7, 11) is 0. The van der Waals surface area contributed by atoms with Crippen molar-refractivity contribution in [3.63, 3.8) is 0 Å². The van der Waals surface area contributed by atoms with E-state index in [4.69, 9.17) is 9.47 Å². The average Bonchev–Trinajstić information content (AvgIpc) is 2.92. The highest BCUT2D eigenvalue weighted by Gasteiger charge is 2.92. The molecule has 5 aliphatic carbocycles. The van der Waals surface area contributed by atoms with Crippen molar-refractivity contribution in [1.29, 1.82) is 0 Å². The molecule has 1 heterocycles. The third kappa shape index (κ3) is 0.619. The normalized spacial score (nSPS) is 71.1. The van der Waals surface area contributed by atoms with E-state index in [1.165, 1.54) is 12.8 Å². The Kier molecular flexibility index (Phi) is 1.06. The molecule has 76 valence electrons. The third-order valence-electron chi connectivity index (χ3n) is 5.48. The Labute approximate surface area is 84.0 Å². The van der Waals surface area contributed by atoms with Crippen LogP contribution < -0.4 is 0 Å². The first-order chi connectivity index (χ1) is 6.97. The van der Waals surface area contributed by atoms with Crippen molar-refractivity contribution < 1.29 is 9.47 Å². The van der Waals surface area contributed by atoms with Gasteiger partial charge >= 0.3 is 0 Å². The van der Waals surface area contributed by atoms with E-state index in [1.54, 1.807) is 0 Å². The van der Waals surface area contributed by atoms with Crippen molar-refractivity contribution >= 4 is 0 Å². The van der Waals surface area contributed by atoms with Crippen molar-refractivity contribution in [2.24, 2.45) is 35.5 Å². The molecule has 0 aromatic carbocycles. The summed E-state index contributed by atoms with van der Waals surface area (Å²) in [5.41, 5.74) is 0. The minimum Gasteiger partial charge on any atom is -0.353 e. The SMILES string of the molecule is C1CCC(OC2C3C4C3C3C2C43)OC1. The van der Waals surface area contributed by atoms with E-state index in [0.29, 0.717) is 6.10 Å². The van der Waals surface area contributed by atoms with Crippen LogP contribution in [0.2, 0.25) is 0 Å². The lowest BCUT2D eigenvalue weighted by Crippen LogP contribution is -2.28. The number of ether oxygens (including phenoxy) is 2. The van der Waals surface area contributed by atoms with Crippen molar-refractivity contribution in [2.45, 2.75) is 31.7 Å². The van der Waals surface area contributed by atoms with Crippen LogP contribution in [0, 0.1) is 35.5 Å². The lowest BCUT2D eigenvalue weighted by Gasteiger charge is -2.26. The quantitative estimate of drug-likeness (QED) is 0.662. The zero-order chi connectivity index (χ0) is 8.86. The molecular weight excluding hydrogens is 176 g/mol. The molecule has 5 saturated carbocycles. The molecule has 0 amide bonds. The zero-order valence-corrected chi connectivity index (χ0v) is 8.26. The van der Waals surface area contributed by atoms with Crippen LogP contribution in [-0.2, 0) is 9.47 Å². The molecule has 1 unspecified atom stereocenters. The van der Waals surface area contributed by atoms with E-state index in [9.17, 15) is 0 Å². The predicted molar refractivity (Wildman–Crippen MR) is 49.4 cm³/mol. The smallest absolute Gasteiger partial charge is 0.157 e. The van der Waals surface area contributed by atoms with Gasteiger partial charge in [0.1, 0.15) is 0 Å². The van der Waals surface area contributed by atoms with E-state index in [2.05, 4.69) is 0 Å². The van der Waals surface area contributed by atoms with Crippen LogP contribution in [0.1, 0.15) is 19.3 Å². The van der Waals surface area contributed by atoms with Gasteiger partial charge in [-0.3, -0.25) is 0 Å². The third-order valence-corrected chi connectivity index (χ3v) is 5.48. The predicted octanol–water partition coefficient (Wildman–Crippen LogP) is 1.65. The van der Waals surface area contributed by atoms with Crippen LogP contribution in [0.15, 0.2) is 0 Å². The average molecular weight is 192 g/mol. The second-order valence-electron chi connectivity index (χ2n) is 5.86. The van der Waals surface area contributed by atoms with Gasteiger partial charge in [0.2, 0.25) is 0 Å². The summed E-state index contributed by atoms with van der Waals surface area (Å²) < 4.78 is 11.8. The first-order valence-corrected chi connectivity index (χ1v) is 6.24. The van der Waals surface area contributed by atoms with Gasteiger partial charge < -0.3 is 9.47 Å². The summed E-state index contributed by atoms with van der Waals surface area (Å²) in [5, 5.41) is 0. The standard InChI is InChI=1S/C12H16O2/c1-2-4-13-5(3-1)14-12-10-6-7(10)9-8(6)11(9)12/h5-12H,1-4H2. The Balaban J connectivity index is 1.31. The fourth-order valence-corrected chi connectivity index (χ4v) is 4.99. The first-order valence-electron chi connectivity index (χ1n) is 6.24. The van der Waals surface area contributed by atoms with E-state index < -0.39 is 0 Å². The van der Waals surface area contributed by atoms with Crippen LogP contribution in [0.3, 0.4) is 0 Å². The van der Waals surface area contributed by atoms with Crippen molar-refractivity contribution in [1.82, 2.24) is 0 Å². The van der Waals surface area contributed by atoms with Gasteiger partial charge in [-0.15, -0.1) is 0 Å². The Hall–Kier alpha value is -0.0800. The summed E-state index contributed by atoms with van der Waals surface area (Å²) in [6.07, 6.45) is 4.46. The Morgan fingerprint density at radius 1 is 0.857 bits per heavy atom. The molecule has 6 fully saturated rings. The van der Waals surface area contributed by atoms with E-state index >= 15 is 0 Å². The maximum atomic E-state index is 6.16. The molecule has 6 aliphatic rings. The van der Waals surface area contributed by atoms with Crippen LogP contribution in [0.5, 0.6) is 0 Å². The van der Waals surface area contributed by atoms with Gasteiger partial charge in [-0.25, -0.2) is 0 Å². The maximum absolute atomic E-state index is 6.16. The second kappa shape index (κ2) is 2.05. The highest BCUT2D eigenvalue weighted by atomic mass is 16.7. The van der Waals surface area contributed by atoms with E-state index in [1.807, 2.05) is 0 Å². The second-order valence-corrected chi connectivity index (χ2v) is 5.86. The van der Waals surface area contributed by atoms with Crippen molar-refractivity contribution in [3.8, 4) is 0 Å². The van der Waals surface area contributed by atoms with Gasteiger partial charge in [0, 0.05) is 6.61 Å². The van der Waals surface area contributed by atoms with E-state index in [-0.39, 0.29) is 6.29 Å². The molecule has 1 atom stereocenters. The van der Waals surface area contributed by atoms with Gasteiger partial charge in [0.05, 0.1) is 6.10 Å². The summed E-state index contributed by atoms with van der Waals surface area (Å²) >= 11 is 0. The molecule has 6 rings (SSSR count). The molecule has 1 aliphatic heterocycles. The lowest BCUT2D eigenvalue weighted by molar-refractivity contribution is -0.192. The number of hydrogen-bond donors (Lipinski definition) is 0. The van der Waals surface area contributed by atoms with Crippen LogP contribution in [0.25, 0.3) is 0 Å². The van der Waals surface area contributed by atoms with Crippen LogP contribution >= 0.6 is 0 Å². The molecule has 0 radical (unpaired) electrons. The number of hydrogen-bond acceptors (Lipinski definition) is 2. The van der Waals surface area contributed by atoms with Crippen LogP contribution in [-0.4, -0.2) is 19.0 Å². The largest absolute Gasteiger partial charge is 0.353 e. The zero-order valence-electron chi connectivity index (χ0n) is 8.26. The Morgan fingerprint density at radius 2 is 1.57 bits per heavy atom. The molecule has 2 heteroatoms. The maximum Gasteiger partial charge on any atom is 0.157 e. The van der Waals surface area contributed by atoms with Crippen molar-refractivity contribution in [2.75, 3.05) is 6.61 Å². The molecule has 0 spiro atoms. The highest BCUT2D eigenvalue weighted by Crippen LogP contribution is 2.92. The Bertz CT molecular complexity index is 253. The Morgan fingerprint density at radius 3 is 2.14 bits per heavy atom. The fourth-order valence-electron chi connectivity index (χ4n) is 4.99. The molecule has 0 aromatic rings. The molecule has 1 saturated heterocycles. The molecule has 2 bridgehead atoms. The summed E-state index contributed by atoms with van der Waals surface area (Å²) in [5.74, 6) is 6.47. The molecular formula is C12H16O2. The summed E-state index contributed by atoms with van der Waals surface area (Å²) in [6.45, 7) is 0.923. The lowest BCUT2D eigenvalue weighted by atomic mass is 10.0. The van der Waals surface area contributed by atoms with Gasteiger partial charge in [-0.1, -0.05) is 0 Å². The summed E-state index contributed by atoms with van der Waals surface area (Å²) in [6, 6.07) is 0. The minimum absolute atomic E-state index is 0.161. The highest BCUT2D eigenvalue weighted by molar-refractivity contribution is 5.38. The fraction of sp³-hybridized carbons (Fsp3) is 1.00. The monoisotopic (exact) mass is 192 g/mol. The van der Waals surface area contributed by atoms with E-state index in [0.717, 1.165) is 48.5 Å². The molecule has 0 N–H and O–H groups in total. The van der Waals surface area contributed by atoms with Gasteiger partial charge in [0.25, 0.3) is 0 Å². The van der Waals surface area contributed by atoms with Gasteiger partial charge in [0.15, 0.2) is 6.29 Å². The van der Waals surface area contributed by atoms with Gasteiger partial charge in [-0.05, 0) is 54.8 Å². The summed E-state index contributed by atoms with van der Waals surface area (Å²) in [4.78, 5) is 0. The first kappa shape index (κ1) is 7.24.